The molecule has 1 saturated heterocycles. The van der Waals surface area contributed by atoms with E-state index in [4.69, 9.17) is 10.8 Å². The van der Waals surface area contributed by atoms with Crippen molar-refractivity contribution in [3.05, 3.63) is 0 Å². The number of nitrogens with two attached hydrogens (primary N) is 1. The Hall–Kier alpha value is -0.320. The van der Waals surface area contributed by atoms with Gasteiger partial charge < -0.3 is 15.7 Å². The minimum atomic E-state index is -0.906. The van der Waals surface area contributed by atoms with Gasteiger partial charge in [-0.2, -0.15) is 0 Å². The smallest absolute Gasteiger partial charge is 0.321 e. The topological polar surface area (TPSA) is 66.6 Å². The van der Waals surface area contributed by atoms with Crippen LogP contribution in [0.25, 0.3) is 0 Å². The first-order valence-corrected chi connectivity index (χ1v) is 3.91. The number of aliphatic carboxylic acids is 1. The summed E-state index contributed by atoms with van der Waals surface area (Å²) in [5, 5.41) is 8.49. The zero-order valence-electron chi connectivity index (χ0n) is 6.90. The van der Waals surface area contributed by atoms with Gasteiger partial charge in [-0.1, -0.05) is 0 Å². The van der Waals surface area contributed by atoms with Crippen LogP contribution in [0.3, 0.4) is 0 Å². The maximum Gasteiger partial charge on any atom is 0.321 e. The third-order valence-electron chi connectivity index (χ3n) is 1.97. The minimum absolute atomic E-state index is 0. The Morgan fingerprint density at radius 1 is 1.50 bits per heavy atom. The average Bonchev–Trinajstić information content (AvgIpc) is 2.39. The largest absolute Gasteiger partial charge is 0.480 e. The summed E-state index contributed by atoms with van der Waals surface area (Å²) < 4.78 is 0. The first-order chi connectivity index (χ1) is 5.20. The fourth-order valence-electron chi connectivity index (χ4n) is 1.32. The predicted octanol–water partition coefficient (Wildman–Crippen LogP) is -0.0841. The average molecular weight is 195 g/mol. The minimum Gasteiger partial charge on any atom is -0.480 e. The number of carbonyl (C=O) groups is 1. The van der Waals surface area contributed by atoms with Crippen molar-refractivity contribution in [2.75, 3.05) is 19.6 Å². The molecule has 1 atom stereocenters. The van der Waals surface area contributed by atoms with E-state index in [1.54, 1.807) is 0 Å². The highest BCUT2D eigenvalue weighted by Crippen LogP contribution is 2.06. The molecule has 1 fully saturated rings. The summed E-state index contributed by atoms with van der Waals surface area (Å²) >= 11 is 0. The van der Waals surface area contributed by atoms with Crippen LogP contribution in [-0.2, 0) is 4.79 Å². The lowest BCUT2D eigenvalue weighted by molar-refractivity contribution is -0.138. The van der Waals surface area contributed by atoms with E-state index in [0.717, 1.165) is 13.1 Å². The van der Waals surface area contributed by atoms with E-state index in [1.165, 1.54) is 12.8 Å². The summed E-state index contributed by atoms with van der Waals surface area (Å²) in [5.74, 6) is -0.906. The molecule has 0 spiro atoms. The molecule has 1 aliphatic rings. The number of carboxylic acids is 1. The van der Waals surface area contributed by atoms with E-state index in [9.17, 15) is 4.79 Å². The van der Waals surface area contributed by atoms with Gasteiger partial charge in [0, 0.05) is 6.54 Å². The molecule has 0 bridgehead atoms. The lowest BCUT2D eigenvalue weighted by atomic mass is 10.3. The van der Waals surface area contributed by atoms with Gasteiger partial charge in [-0.3, -0.25) is 4.79 Å². The molecule has 72 valence electrons. The van der Waals surface area contributed by atoms with Crippen LogP contribution < -0.4 is 5.73 Å². The number of carboxylic acid groups (broad SMARTS) is 1. The van der Waals surface area contributed by atoms with Gasteiger partial charge in [0.15, 0.2) is 0 Å². The van der Waals surface area contributed by atoms with Crippen molar-refractivity contribution in [1.82, 2.24) is 4.90 Å². The van der Waals surface area contributed by atoms with Crippen molar-refractivity contribution in [2.45, 2.75) is 18.9 Å². The molecule has 0 amide bonds. The zero-order valence-corrected chi connectivity index (χ0v) is 7.72. The fraction of sp³-hybridized carbons (Fsp3) is 0.857. The monoisotopic (exact) mass is 194 g/mol. The van der Waals surface area contributed by atoms with Crippen LogP contribution in [0.1, 0.15) is 12.8 Å². The van der Waals surface area contributed by atoms with Crippen LogP contribution in [0, 0.1) is 0 Å². The molecule has 0 aromatic rings. The molecule has 4 nitrogen and oxygen atoms in total. The van der Waals surface area contributed by atoms with Gasteiger partial charge in [0.05, 0.1) is 0 Å². The second kappa shape index (κ2) is 5.35. The number of likely N-dealkylation sites (tertiary alicyclic amines) is 1. The second-order valence-corrected chi connectivity index (χ2v) is 2.95. The standard InChI is InChI=1S/C7H14N2O2.ClH/c8-6(7(10)11)5-9-3-1-2-4-9;/h6H,1-5,8H2,(H,10,11);1H. The molecule has 0 aliphatic carbocycles. The molecular weight excluding hydrogens is 180 g/mol. The summed E-state index contributed by atoms with van der Waals surface area (Å²) in [5.41, 5.74) is 5.36. The summed E-state index contributed by atoms with van der Waals surface area (Å²) in [6.45, 7) is 2.50. The molecule has 0 aromatic heterocycles. The molecule has 1 rings (SSSR count). The van der Waals surface area contributed by atoms with Crippen molar-refractivity contribution in [3.8, 4) is 0 Å². The second-order valence-electron chi connectivity index (χ2n) is 2.95. The van der Waals surface area contributed by atoms with E-state index in [1.807, 2.05) is 0 Å². The van der Waals surface area contributed by atoms with Crippen LogP contribution >= 0.6 is 12.4 Å². The molecule has 12 heavy (non-hydrogen) atoms. The van der Waals surface area contributed by atoms with Crippen molar-refractivity contribution in [2.24, 2.45) is 5.73 Å². The molecule has 0 radical (unpaired) electrons. The van der Waals surface area contributed by atoms with Crippen LogP contribution in [0.5, 0.6) is 0 Å². The Morgan fingerprint density at radius 2 is 2.00 bits per heavy atom. The molecule has 1 unspecified atom stereocenters. The maximum absolute atomic E-state index is 10.3. The number of halogens is 1. The quantitative estimate of drug-likeness (QED) is 0.660. The number of hydrogen-bond donors (Lipinski definition) is 2. The van der Waals surface area contributed by atoms with Crippen molar-refractivity contribution < 1.29 is 9.90 Å². The number of nitrogens with zero attached hydrogens (tertiary/aromatic N) is 1. The first-order valence-electron chi connectivity index (χ1n) is 3.91. The number of hydrogen-bond acceptors (Lipinski definition) is 3. The van der Waals surface area contributed by atoms with Crippen LogP contribution in [0.15, 0.2) is 0 Å². The Balaban J connectivity index is 0.00000121. The molecule has 1 heterocycles. The van der Waals surface area contributed by atoms with Crippen molar-refractivity contribution >= 4 is 18.4 Å². The van der Waals surface area contributed by atoms with Crippen LogP contribution in [0.4, 0.5) is 0 Å². The predicted molar refractivity (Wildman–Crippen MR) is 48.5 cm³/mol. The van der Waals surface area contributed by atoms with Gasteiger partial charge >= 0.3 is 5.97 Å². The Kier molecular flexibility index (Phi) is 5.20. The van der Waals surface area contributed by atoms with Gasteiger partial charge in [0.1, 0.15) is 6.04 Å². The van der Waals surface area contributed by atoms with Gasteiger partial charge in [-0.15, -0.1) is 12.4 Å². The lowest BCUT2D eigenvalue weighted by Gasteiger charge is -2.16. The molecule has 0 aromatic carbocycles. The Morgan fingerprint density at radius 3 is 2.42 bits per heavy atom. The zero-order chi connectivity index (χ0) is 8.27. The third-order valence-corrected chi connectivity index (χ3v) is 1.97. The molecule has 5 heteroatoms. The van der Waals surface area contributed by atoms with Gasteiger partial charge in [0.2, 0.25) is 0 Å². The van der Waals surface area contributed by atoms with E-state index in [0.29, 0.717) is 6.54 Å². The Labute approximate surface area is 78.1 Å². The maximum atomic E-state index is 10.3. The van der Waals surface area contributed by atoms with Crippen LogP contribution in [0.2, 0.25) is 0 Å². The highest BCUT2D eigenvalue weighted by atomic mass is 35.5. The molecular formula is C7H15ClN2O2. The van der Waals surface area contributed by atoms with Gasteiger partial charge in [0.25, 0.3) is 0 Å². The van der Waals surface area contributed by atoms with E-state index >= 15 is 0 Å². The van der Waals surface area contributed by atoms with E-state index in [2.05, 4.69) is 4.90 Å². The van der Waals surface area contributed by atoms with Gasteiger partial charge in [-0.25, -0.2) is 0 Å². The molecule has 0 saturated carbocycles. The van der Waals surface area contributed by atoms with Crippen LogP contribution in [-0.4, -0.2) is 41.7 Å². The third kappa shape index (κ3) is 3.38. The Bertz CT molecular complexity index is 148. The van der Waals surface area contributed by atoms with Crippen molar-refractivity contribution in [1.29, 1.82) is 0 Å². The highest BCUT2D eigenvalue weighted by Gasteiger charge is 2.18. The summed E-state index contributed by atoms with van der Waals surface area (Å²) in [7, 11) is 0. The van der Waals surface area contributed by atoms with E-state index < -0.39 is 12.0 Å². The summed E-state index contributed by atoms with van der Waals surface area (Å²) in [6, 6.07) is -0.715. The number of rotatable bonds is 3. The molecule has 1 aliphatic heterocycles. The normalized spacial score (nSPS) is 20.1. The van der Waals surface area contributed by atoms with E-state index in [-0.39, 0.29) is 12.4 Å². The lowest BCUT2D eigenvalue weighted by Crippen LogP contribution is -2.41. The first kappa shape index (κ1) is 11.7. The summed E-state index contributed by atoms with van der Waals surface area (Å²) in [6.07, 6.45) is 2.35. The van der Waals surface area contributed by atoms with Crippen molar-refractivity contribution in [3.63, 3.8) is 0 Å². The van der Waals surface area contributed by atoms with Gasteiger partial charge in [-0.05, 0) is 25.9 Å². The summed E-state index contributed by atoms with van der Waals surface area (Å²) in [4.78, 5) is 12.4. The molecule has 3 N–H and O–H groups in total. The fourth-order valence-corrected chi connectivity index (χ4v) is 1.32. The highest BCUT2D eigenvalue weighted by molar-refractivity contribution is 5.85. The SMILES string of the molecule is Cl.NC(CN1CCCC1)C(=O)O.